The van der Waals surface area contributed by atoms with Crippen molar-refractivity contribution in [2.45, 2.75) is 0 Å². The molecule has 0 aliphatic heterocycles. The van der Waals surface area contributed by atoms with Crippen LogP contribution in [0.2, 0.25) is 10.3 Å². The number of carbonyl (C=O) groups is 1. The van der Waals surface area contributed by atoms with Crippen LogP contribution < -0.4 is 0 Å². The van der Waals surface area contributed by atoms with Crippen LogP contribution in [-0.4, -0.2) is 25.5 Å². The number of aryl methyl sites for hydroxylation is 1. The number of rotatable bonds is 2. The van der Waals surface area contributed by atoms with Crippen LogP contribution in [0.25, 0.3) is 0 Å². The number of pyridine rings is 1. The van der Waals surface area contributed by atoms with E-state index >= 15 is 0 Å². The Morgan fingerprint density at radius 3 is 2.44 bits per heavy atom. The van der Waals surface area contributed by atoms with Crippen LogP contribution >= 0.6 is 23.2 Å². The minimum absolute atomic E-state index is 0.165. The minimum atomic E-state index is -0.300. The Hall–Kier alpha value is -1.46. The summed E-state index contributed by atoms with van der Waals surface area (Å²) in [4.78, 5) is 19.6. The van der Waals surface area contributed by atoms with Crippen molar-refractivity contribution < 1.29 is 4.79 Å². The third-order valence-corrected chi connectivity index (χ3v) is 2.33. The van der Waals surface area contributed by atoms with Crippen LogP contribution in [0, 0.1) is 0 Å². The summed E-state index contributed by atoms with van der Waals surface area (Å²) >= 11 is 11.4. The smallest absolute Gasteiger partial charge is 0.230 e. The van der Waals surface area contributed by atoms with E-state index in [1.165, 1.54) is 23.1 Å². The molecule has 16 heavy (non-hydrogen) atoms. The highest BCUT2D eigenvalue weighted by molar-refractivity contribution is 6.33. The van der Waals surface area contributed by atoms with Gasteiger partial charge in [-0.05, 0) is 12.1 Å². The average Bonchev–Trinajstić information content (AvgIpc) is 2.62. The first kappa shape index (κ1) is 11.0. The third kappa shape index (κ3) is 2.05. The number of nitrogens with zero attached hydrogens (tertiary/aromatic N) is 4. The zero-order valence-corrected chi connectivity index (χ0v) is 9.70. The molecule has 0 saturated heterocycles. The van der Waals surface area contributed by atoms with E-state index in [0.717, 1.165) is 0 Å². The maximum absolute atomic E-state index is 12.0. The molecule has 2 heterocycles. The third-order valence-electron chi connectivity index (χ3n) is 1.94. The van der Waals surface area contributed by atoms with Crippen LogP contribution in [-0.2, 0) is 7.05 Å². The van der Waals surface area contributed by atoms with Gasteiger partial charge in [0.2, 0.25) is 5.78 Å². The Labute approximate surface area is 101 Å². The molecule has 0 unspecified atom stereocenters. The SMILES string of the molecule is Cn1ncnc1C(=O)c1cc(Cl)nc(Cl)c1. The van der Waals surface area contributed by atoms with Gasteiger partial charge in [-0.3, -0.25) is 4.79 Å². The second-order valence-corrected chi connectivity index (χ2v) is 3.81. The molecule has 82 valence electrons. The molecule has 0 aliphatic rings. The second kappa shape index (κ2) is 4.19. The first-order valence-electron chi connectivity index (χ1n) is 4.29. The molecule has 0 bridgehead atoms. The summed E-state index contributed by atoms with van der Waals surface area (Å²) in [5.41, 5.74) is 0.334. The zero-order chi connectivity index (χ0) is 11.7. The molecule has 5 nitrogen and oxygen atoms in total. The quantitative estimate of drug-likeness (QED) is 0.607. The Morgan fingerprint density at radius 2 is 1.94 bits per heavy atom. The predicted molar refractivity (Wildman–Crippen MR) is 58.7 cm³/mol. The summed E-state index contributed by atoms with van der Waals surface area (Å²) in [5.74, 6) is -0.0791. The lowest BCUT2D eigenvalue weighted by atomic mass is 10.2. The molecule has 0 saturated carbocycles. The Balaban J connectivity index is 2.45. The summed E-state index contributed by atoms with van der Waals surface area (Å²) in [6, 6.07) is 2.87. The Morgan fingerprint density at radius 1 is 1.31 bits per heavy atom. The highest BCUT2D eigenvalue weighted by atomic mass is 35.5. The number of aromatic nitrogens is 4. The van der Waals surface area contributed by atoms with Gasteiger partial charge in [0, 0.05) is 12.6 Å². The van der Waals surface area contributed by atoms with E-state index in [0.29, 0.717) is 5.56 Å². The molecule has 2 rings (SSSR count). The molecule has 0 aliphatic carbocycles. The van der Waals surface area contributed by atoms with Crippen LogP contribution in [0.15, 0.2) is 18.5 Å². The molecule has 0 amide bonds. The summed E-state index contributed by atoms with van der Waals surface area (Å²) in [6.07, 6.45) is 1.30. The van der Waals surface area contributed by atoms with Crippen LogP contribution in [0.3, 0.4) is 0 Å². The molecular weight excluding hydrogens is 251 g/mol. The van der Waals surface area contributed by atoms with Crippen molar-refractivity contribution >= 4 is 29.0 Å². The summed E-state index contributed by atoms with van der Waals surface area (Å²) in [6.45, 7) is 0. The van der Waals surface area contributed by atoms with Gasteiger partial charge in [0.15, 0.2) is 5.82 Å². The van der Waals surface area contributed by atoms with Gasteiger partial charge in [0.25, 0.3) is 0 Å². The van der Waals surface area contributed by atoms with Crippen molar-refractivity contribution in [1.82, 2.24) is 19.7 Å². The topological polar surface area (TPSA) is 60.7 Å². The summed E-state index contributed by atoms with van der Waals surface area (Å²) in [5, 5.41) is 4.14. The van der Waals surface area contributed by atoms with Crippen molar-refractivity contribution in [1.29, 1.82) is 0 Å². The van der Waals surface area contributed by atoms with Gasteiger partial charge in [-0.1, -0.05) is 23.2 Å². The fourth-order valence-electron chi connectivity index (χ4n) is 1.23. The minimum Gasteiger partial charge on any atom is -0.285 e. The Kier molecular flexibility index (Phi) is 2.89. The van der Waals surface area contributed by atoms with E-state index in [1.807, 2.05) is 0 Å². The van der Waals surface area contributed by atoms with Gasteiger partial charge in [-0.2, -0.15) is 5.10 Å². The fourth-order valence-corrected chi connectivity index (χ4v) is 1.69. The van der Waals surface area contributed by atoms with Crippen molar-refractivity contribution in [2.75, 3.05) is 0 Å². The van der Waals surface area contributed by atoms with Crippen LogP contribution in [0.1, 0.15) is 16.2 Å². The molecule has 0 spiro atoms. The summed E-state index contributed by atoms with van der Waals surface area (Å²) in [7, 11) is 1.63. The molecule has 0 radical (unpaired) electrons. The van der Waals surface area contributed by atoms with E-state index in [4.69, 9.17) is 23.2 Å². The van der Waals surface area contributed by atoms with Gasteiger partial charge in [0.05, 0.1) is 0 Å². The van der Waals surface area contributed by atoms with Crippen molar-refractivity contribution in [3.05, 3.63) is 40.2 Å². The molecule has 0 aromatic carbocycles. The van der Waals surface area contributed by atoms with Gasteiger partial charge in [-0.25, -0.2) is 14.6 Å². The standard InChI is InChI=1S/C9H6Cl2N4O/c1-15-9(12-4-13-15)8(16)5-2-6(10)14-7(11)3-5/h2-4H,1H3. The van der Waals surface area contributed by atoms with Crippen LogP contribution in [0.4, 0.5) is 0 Å². The number of carbonyl (C=O) groups excluding carboxylic acids is 1. The number of hydrogen-bond acceptors (Lipinski definition) is 4. The van der Waals surface area contributed by atoms with Gasteiger partial charge < -0.3 is 0 Å². The first-order valence-corrected chi connectivity index (χ1v) is 5.05. The molecule has 7 heteroatoms. The predicted octanol–water partition coefficient (Wildman–Crippen LogP) is 1.75. The monoisotopic (exact) mass is 256 g/mol. The van der Waals surface area contributed by atoms with E-state index < -0.39 is 0 Å². The van der Waals surface area contributed by atoms with Gasteiger partial charge in [0.1, 0.15) is 16.6 Å². The summed E-state index contributed by atoms with van der Waals surface area (Å²) < 4.78 is 1.38. The number of hydrogen-bond donors (Lipinski definition) is 0. The van der Waals surface area contributed by atoms with E-state index in [-0.39, 0.29) is 21.9 Å². The van der Waals surface area contributed by atoms with Crippen LogP contribution in [0.5, 0.6) is 0 Å². The maximum Gasteiger partial charge on any atom is 0.230 e. The molecule has 2 aromatic rings. The molecule has 0 N–H and O–H groups in total. The Bertz CT molecular complexity index is 532. The fraction of sp³-hybridized carbons (Fsp3) is 0.111. The number of halogens is 2. The van der Waals surface area contributed by atoms with Crippen molar-refractivity contribution in [3.8, 4) is 0 Å². The molecule has 0 fully saturated rings. The first-order chi connectivity index (χ1) is 7.58. The highest BCUT2D eigenvalue weighted by Crippen LogP contribution is 2.16. The lowest BCUT2D eigenvalue weighted by Gasteiger charge is -2.01. The van der Waals surface area contributed by atoms with E-state index in [2.05, 4.69) is 15.1 Å². The van der Waals surface area contributed by atoms with Crippen molar-refractivity contribution in [3.63, 3.8) is 0 Å². The molecule has 2 aromatic heterocycles. The second-order valence-electron chi connectivity index (χ2n) is 3.04. The van der Waals surface area contributed by atoms with Gasteiger partial charge in [-0.15, -0.1) is 0 Å². The highest BCUT2D eigenvalue weighted by Gasteiger charge is 2.15. The molecule has 0 atom stereocenters. The maximum atomic E-state index is 12.0. The molecular formula is C9H6Cl2N4O. The zero-order valence-electron chi connectivity index (χ0n) is 8.19. The van der Waals surface area contributed by atoms with Crippen molar-refractivity contribution in [2.24, 2.45) is 7.05 Å². The number of ketones is 1. The largest absolute Gasteiger partial charge is 0.285 e. The van der Waals surface area contributed by atoms with Gasteiger partial charge >= 0.3 is 0 Å². The lowest BCUT2D eigenvalue weighted by molar-refractivity contribution is 0.102. The lowest BCUT2D eigenvalue weighted by Crippen LogP contribution is -2.10. The van der Waals surface area contributed by atoms with E-state index in [1.54, 1.807) is 7.05 Å². The average molecular weight is 257 g/mol. The normalized spacial score (nSPS) is 10.4. The van der Waals surface area contributed by atoms with E-state index in [9.17, 15) is 4.79 Å².